The fourth-order valence-corrected chi connectivity index (χ4v) is 5.69. The molecule has 8 nitrogen and oxygen atoms in total. The van der Waals surface area contributed by atoms with Crippen LogP contribution >= 0.6 is 11.8 Å². The summed E-state index contributed by atoms with van der Waals surface area (Å²) >= 11 is 1.82. The standard InChI is InChI=1S/C21H33N3OS.2CH2O2/c1-22-6-8-24(9-7-22)20-11-17-14-23(15-18(17)12-21(20)25)13-16-4-3-5-19(10-16)26-2;2*2-1-3/h3-5,10,17-18,20-21,25H,6-9,11-15H2,1-2H3;2*1H,(H,2,3)/t17-,18+,20-,21-;;/m1../s1. The molecule has 9 heteroatoms. The summed E-state index contributed by atoms with van der Waals surface area (Å²) in [4.78, 5) is 25.7. The molecule has 2 heterocycles. The zero-order valence-electron chi connectivity index (χ0n) is 19.0. The van der Waals surface area contributed by atoms with Crippen LogP contribution in [0, 0.1) is 11.8 Å². The summed E-state index contributed by atoms with van der Waals surface area (Å²) in [5, 5.41) is 24.6. The minimum absolute atomic E-state index is 0.139. The quantitative estimate of drug-likeness (QED) is 0.450. The second-order valence-electron chi connectivity index (χ2n) is 8.72. The van der Waals surface area contributed by atoms with E-state index in [1.54, 1.807) is 0 Å². The van der Waals surface area contributed by atoms with Gasteiger partial charge in [0.05, 0.1) is 6.10 Å². The number of nitrogens with zero attached hydrogens (tertiary/aromatic N) is 3. The molecule has 2 saturated heterocycles. The molecule has 0 spiro atoms. The molecule has 180 valence electrons. The zero-order chi connectivity index (χ0) is 23.5. The van der Waals surface area contributed by atoms with Gasteiger partial charge in [0.15, 0.2) is 0 Å². The molecule has 2 aliphatic heterocycles. The topological polar surface area (TPSA) is 105 Å². The fourth-order valence-electron chi connectivity index (χ4n) is 5.21. The number of aliphatic hydroxyl groups is 1. The Hall–Kier alpha value is -1.65. The Labute approximate surface area is 195 Å². The van der Waals surface area contributed by atoms with Gasteiger partial charge in [-0.3, -0.25) is 19.4 Å². The first-order chi connectivity index (χ1) is 15.4. The third-order valence-electron chi connectivity index (χ3n) is 6.73. The molecule has 0 bridgehead atoms. The monoisotopic (exact) mass is 467 g/mol. The predicted octanol–water partition coefficient (Wildman–Crippen LogP) is 1.63. The van der Waals surface area contributed by atoms with E-state index >= 15 is 0 Å². The zero-order valence-corrected chi connectivity index (χ0v) is 19.9. The average Bonchev–Trinajstić information content (AvgIpc) is 3.16. The van der Waals surface area contributed by atoms with E-state index in [4.69, 9.17) is 19.8 Å². The molecule has 0 unspecified atom stereocenters. The highest BCUT2D eigenvalue weighted by Crippen LogP contribution is 2.39. The Morgan fingerprint density at radius 3 is 2.22 bits per heavy atom. The second-order valence-corrected chi connectivity index (χ2v) is 9.60. The van der Waals surface area contributed by atoms with Crippen molar-refractivity contribution in [2.75, 3.05) is 52.6 Å². The first kappa shape index (κ1) is 26.6. The van der Waals surface area contributed by atoms with E-state index in [1.807, 2.05) is 11.8 Å². The number of benzene rings is 1. The Morgan fingerprint density at radius 2 is 1.62 bits per heavy atom. The van der Waals surface area contributed by atoms with Crippen molar-refractivity contribution in [3.63, 3.8) is 0 Å². The van der Waals surface area contributed by atoms with Crippen LogP contribution in [0.2, 0.25) is 0 Å². The fraction of sp³-hybridized carbons (Fsp3) is 0.652. The highest BCUT2D eigenvalue weighted by molar-refractivity contribution is 7.98. The summed E-state index contributed by atoms with van der Waals surface area (Å²) in [6.45, 7) is 7.40. The first-order valence-corrected chi connectivity index (χ1v) is 12.3. The van der Waals surface area contributed by atoms with Crippen LogP contribution in [0.3, 0.4) is 0 Å². The highest BCUT2D eigenvalue weighted by atomic mass is 32.2. The SMILES string of the molecule is CSc1cccc(CN2C[C@H]3C[C@@H](N4CCN(C)CC4)[C@H](O)C[C@H]3C2)c1.O=CO.O=CO. The van der Waals surface area contributed by atoms with Gasteiger partial charge in [-0.05, 0) is 55.7 Å². The summed E-state index contributed by atoms with van der Waals surface area (Å²) in [6, 6.07) is 9.33. The molecule has 1 aromatic rings. The van der Waals surface area contributed by atoms with E-state index in [1.165, 1.54) is 23.4 Å². The van der Waals surface area contributed by atoms with E-state index in [2.05, 4.69) is 52.3 Å². The average molecular weight is 468 g/mol. The summed E-state index contributed by atoms with van der Waals surface area (Å²) in [5.41, 5.74) is 1.42. The van der Waals surface area contributed by atoms with Gasteiger partial charge >= 0.3 is 0 Å². The number of piperazine rings is 1. The second kappa shape index (κ2) is 13.8. The van der Waals surface area contributed by atoms with Crippen LogP contribution < -0.4 is 0 Å². The molecule has 4 atom stereocenters. The maximum Gasteiger partial charge on any atom is 0.290 e. The number of hydrogen-bond acceptors (Lipinski definition) is 7. The van der Waals surface area contributed by atoms with Crippen molar-refractivity contribution in [2.24, 2.45) is 11.8 Å². The molecular formula is C23H37N3O5S. The van der Waals surface area contributed by atoms with Gasteiger partial charge in [0.1, 0.15) is 0 Å². The number of hydrogen-bond donors (Lipinski definition) is 3. The van der Waals surface area contributed by atoms with Crippen LogP contribution in [0.15, 0.2) is 29.2 Å². The van der Waals surface area contributed by atoms with Crippen LogP contribution in [-0.2, 0) is 16.1 Å². The highest BCUT2D eigenvalue weighted by Gasteiger charge is 2.43. The van der Waals surface area contributed by atoms with Gasteiger partial charge in [-0.2, -0.15) is 0 Å². The minimum atomic E-state index is -0.250. The van der Waals surface area contributed by atoms with Crippen LogP contribution in [0.4, 0.5) is 0 Å². The van der Waals surface area contributed by atoms with Crippen LogP contribution in [0.5, 0.6) is 0 Å². The van der Waals surface area contributed by atoms with E-state index in [0.29, 0.717) is 12.0 Å². The summed E-state index contributed by atoms with van der Waals surface area (Å²) in [5.74, 6) is 1.43. The molecule has 1 aromatic carbocycles. The third-order valence-corrected chi connectivity index (χ3v) is 7.46. The number of likely N-dealkylation sites (tertiary alicyclic amines) is 1. The van der Waals surface area contributed by atoms with E-state index < -0.39 is 0 Å². The third kappa shape index (κ3) is 7.74. The predicted molar refractivity (Wildman–Crippen MR) is 126 cm³/mol. The Bertz CT molecular complexity index is 696. The van der Waals surface area contributed by atoms with Crippen molar-refractivity contribution in [3.05, 3.63) is 29.8 Å². The van der Waals surface area contributed by atoms with Gasteiger partial charge in [-0.1, -0.05) is 12.1 Å². The number of carboxylic acid groups (broad SMARTS) is 2. The molecule has 1 aliphatic carbocycles. The summed E-state index contributed by atoms with van der Waals surface area (Å²) in [6.07, 6.45) is 4.17. The molecule has 0 aromatic heterocycles. The lowest BCUT2D eigenvalue weighted by Crippen LogP contribution is -2.55. The summed E-state index contributed by atoms with van der Waals surface area (Å²) < 4.78 is 0. The lowest BCUT2D eigenvalue weighted by Gasteiger charge is -2.44. The van der Waals surface area contributed by atoms with Gasteiger partial charge in [0.2, 0.25) is 0 Å². The maximum atomic E-state index is 10.8. The lowest BCUT2D eigenvalue weighted by molar-refractivity contribution is -0.123. The van der Waals surface area contributed by atoms with Crippen LogP contribution in [0.1, 0.15) is 18.4 Å². The Kier molecular flexibility index (Phi) is 11.5. The van der Waals surface area contributed by atoms with Crippen molar-refractivity contribution in [2.45, 2.75) is 36.4 Å². The van der Waals surface area contributed by atoms with E-state index in [0.717, 1.165) is 51.6 Å². The smallest absolute Gasteiger partial charge is 0.290 e. The maximum absolute atomic E-state index is 10.8. The molecule has 0 amide bonds. The first-order valence-electron chi connectivity index (χ1n) is 11.1. The van der Waals surface area contributed by atoms with E-state index in [9.17, 15) is 5.11 Å². The van der Waals surface area contributed by atoms with Gasteiger partial charge in [0.25, 0.3) is 12.9 Å². The molecule has 1 saturated carbocycles. The number of thioether (sulfide) groups is 1. The van der Waals surface area contributed by atoms with Crippen molar-refractivity contribution >= 4 is 24.7 Å². The van der Waals surface area contributed by atoms with Gasteiger partial charge in [0, 0.05) is 56.8 Å². The minimum Gasteiger partial charge on any atom is -0.483 e. The van der Waals surface area contributed by atoms with Crippen LogP contribution in [-0.4, -0.2) is 108 Å². The molecule has 0 radical (unpaired) electrons. The molecule has 32 heavy (non-hydrogen) atoms. The van der Waals surface area contributed by atoms with Crippen molar-refractivity contribution in [1.82, 2.24) is 14.7 Å². The normalized spacial score (nSPS) is 28.5. The van der Waals surface area contributed by atoms with Gasteiger partial charge in [-0.25, -0.2) is 0 Å². The summed E-state index contributed by atoms with van der Waals surface area (Å²) in [7, 11) is 2.20. The molecule has 3 aliphatic rings. The van der Waals surface area contributed by atoms with Crippen molar-refractivity contribution < 1.29 is 24.9 Å². The number of aliphatic hydroxyl groups excluding tert-OH is 1. The molecule has 3 fully saturated rings. The number of likely N-dealkylation sites (N-methyl/N-ethyl adjacent to an activating group) is 1. The molecular weight excluding hydrogens is 430 g/mol. The van der Waals surface area contributed by atoms with E-state index in [-0.39, 0.29) is 19.0 Å². The van der Waals surface area contributed by atoms with Crippen molar-refractivity contribution in [3.8, 4) is 0 Å². The molecule has 3 N–H and O–H groups in total. The van der Waals surface area contributed by atoms with Crippen LogP contribution in [0.25, 0.3) is 0 Å². The number of carbonyl (C=O) groups is 2. The molecule has 4 rings (SSSR count). The number of fused-ring (bicyclic) bond motifs is 1. The number of rotatable bonds is 4. The Balaban J connectivity index is 0.000000547. The van der Waals surface area contributed by atoms with Crippen molar-refractivity contribution in [1.29, 1.82) is 0 Å². The Morgan fingerprint density at radius 1 is 1.03 bits per heavy atom. The largest absolute Gasteiger partial charge is 0.483 e. The lowest BCUT2D eigenvalue weighted by atomic mass is 9.77. The van der Waals surface area contributed by atoms with Gasteiger partial charge in [-0.15, -0.1) is 11.8 Å². The van der Waals surface area contributed by atoms with Gasteiger partial charge < -0.3 is 20.2 Å².